The molecule has 0 bridgehead atoms. The summed E-state index contributed by atoms with van der Waals surface area (Å²) in [7, 11) is 0.750. The van der Waals surface area contributed by atoms with Gasteiger partial charge in [-0.15, -0.1) is 5.54 Å². The minimum atomic E-state index is -1.38. The van der Waals surface area contributed by atoms with Crippen LogP contribution in [0.25, 0.3) is 0 Å². The van der Waals surface area contributed by atoms with E-state index in [1.165, 1.54) is 16.7 Å². The molecule has 1 aliphatic heterocycles. The Morgan fingerprint density at radius 3 is 2.60 bits per heavy atom. The third-order valence-electron chi connectivity index (χ3n) is 4.36. The van der Waals surface area contributed by atoms with Gasteiger partial charge in [0.2, 0.25) is 0 Å². The third-order valence-corrected chi connectivity index (χ3v) is 5.79. The predicted octanol–water partition coefficient (Wildman–Crippen LogP) is 5.80. The molecule has 1 aliphatic rings. The third kappa shape index (κ3) is 4.48. The SMILES string of the molecule is CN1Cc2c(Cl)cc(Cl)cc2[C@H](c2cccc(C#C[Si](C)(C)C)c2)C1. The molecule has 0 saturated carbocycles. The first kappa shape index (κ1) is 18.5. The van der Waals surface area contributed by atoms with E-state index >= 15 is 0 Å². The Kier molecular flexibility index (Phi) is 5.32. The Bertz CT molecular complexity index is 858. The highest BCUT2D eigenvalue weighted by Gasteiger charge is 2.27. The number of halogens is 2. The van der Waals surface area contributed by atoms with Crippen LogP contribution in [0.1, 0.15) is 28.2 Å². The molecule has 0 unspecified atom stereocenters. The van der Waals surface area contributed by atoms with Gasteiger partial charge in [0.05, 0.1) is 0 Å². The Hall–Kier alpha value is -1.24. The molecular formula is C21H23Cl2NSi. The molecule has 130 valence electrons. The van der Waals surface area contributed by atoms with Crippen molar-refractivity contribution in [3.8, 4) is 11.5 Å². The Balaban J connectivity index is 2.04. The molecule has 0 radical (unpaired) electrons. The van der Waals surface area contributed by atoms with Crippen LogP contribution in [0.4, 0.5) is 0 Å². The van der Waals surface area contributed by atoms with E-state index in [4.69, 9.17) is 23.2 Å². The summed E-state index contributed by atoms with van der Waals surface area (Å²) in [5.41, 5.74) is 8.23. The van der Waals surface area contributed by atoms with E-state index in [1.807, 2.05) is 6.07 Å². The van der Waals surface area contributed by atoms with Gasteiger partial charge in [0.1, 0.15) is 8.07 Å². The van der Waals surface area contributed by atoms with Crippen molar-refractivity contribution in [2.45, 2.75) is 32.1 Å². The Morgan fingerprint density at radius 1 is 1.12 bits per heavy atom. The van der Waals surface area contributed by atoms with Crippen LogP contribution >= 0.6 is 23.2 Å². The van der Waals surface area contributed by atoms with Crippen molar-refractivity contribution in [3.63, 3.8) is 0 Å². The molecule has 2 aromatic carbocycles. The number of likely N-dealkylation sites (N-methyl/N-ethyl adjacent to an activating group) is 1. The van der Waals surface area contributed by atoms with Crippen molar-refractivity contribution < 1.29 is 0 Å². The van der Waals surface area contributed by atoms with Crippen LogP contribution in [-0.4, -0.2) is 26.6 Å². The highest BCUT2D eigenvalue weighted by Crippen LogP contribution is 2.38. The molecule has 1 heterocycles. The number of rotatable bonds is 1. The number of hydrogen-bond acceptors (Lipinski definition) is 1. The van der Waals surface area contributed by atoms with Crippen LogP contribution < -0.4 is 0 Å². The average Bonchev–Trinajstić information content (AvgIpc) is 2.53. The molecule has 0 N–H and O–H groups in total. The van der Waals surface area contributed by atoms with E-state index in [2.05, 4.69) is 73.4 Å². The van der Waals surface area contributed by atoms with Gasteiger partial charge in [0.25, 0.3) is 0 Å². The van der Waals surface area contributed by atoms with E-state index in [1.54, 1.807) is 0 Å². The Morgan fingerprint density at radius 2 is 1.88 bits per heavy atom. The van der Waals surface area contributed by atoms with Gasteiger partial charge in [0, 0.05) is 34.6 Å². The van der Waals surface area contributed by atoms with Crippen LogP contribution in [-0.2, 0) is 6.54 Å². The summed E-state index contributed by atoms with van der Waals surface area (Å²) in [5.74, 6) is 3.63. The molecule has 0 spiro atoms. The zero-order chi connectivity index (χ0) is 18.2. The first-order chi connectivity index (χ1) is 11.7. The van der Waals surface area contributed by atoms with Crippen LogP contribution in [0.5, 0.6) is 0 Å². The van der Waals surface area contributed by atoms with Gasteiger partial charge in [-0.1, -0.05) is 60.9 Å². The number of benzene rings is 2. The summed E-state index contributed by atoms with van der Waals surface area (Å²) in [6, 6.07) is 12.5. The lowest BCUT2D eigenvalue weighted by Gasteiger charge is -2.33. The molecule has 25 heavy (non-hydrogen) atoms. The summed E-state index contributed by atoms with van der Waals surface area (Å²) in [6.07, 6.45) is 0. The molecule has 0 aliphatic carbocycles. The van der Waals surface area contributed by atoms with Gasteiger partial charge in [-0.2, -0.15) is 0 Å². The van der Waals surface area contributed by atoms with Crippen LogP contribution in [0.3, 0.4) is 0 Å². The van der Waals surface area contributed by atoms with E-state index in [-0.39, 0.29) is 5.92 Å². The molecule has 0 fully saturated rings. The molecule has 0 aromatic heterocycles. The molecule has 0 saturated heterocycles. The van der Waals surface area contributed by atoms with Crippen molar-refractivity contribution in [1.29, 1.82) is 0 Å². The first-order valence-electron chi connectivity index (χ1n) is 8.52. The van der Waals surface area contributed by atoms with Gasteiger partial charge >= 0.3 is 0 Å². The zero-order valence-electron chi connectivity index (χ0n) is 15.2. The summed E-state index contributed by atoms with van der Waals surface area (Å²) in [4.78, 5) is 2.31. The lowest BCUT2D eigenvalue weighted by Crippen LogP contribution is -2.31. The lowest BCUT2D eigenvalue weighted by atomic mass is 9.84. The summed E-state index contributed by atoms with van der Waals surface area (Å²) in [6.45, 7) is 8.60. The smallest absolute Gasteiger partial charge is 0.129 e. The van der Waals surface area contributed by atoms with Crippen molar-refractivity contribution in [2.75, 3.05) is 13.6 Å². The second-order valence-electron chi connectivity index (χ2n) is 7.83. The van der Waals surface area contributed by atoms with Crippen molar-refractivity contribution >= 4 is 31.3 Å². The van der Waals surface area contributed by atoms with E-state index in [0.717, 1.165) is 23.7 Å². The minimum Gasteiger partial charge on any atom is -0.301 e. The summed E-state index contributed by atoms with van der Waals surface area (Å²) in [5, 5.41) is 1.46. The van der Waals surface area contributed by atoms with Crippen LogP contribution in [0.15, 0.2) is 36.4 Å². The maximum Gasteiger partial charge on any atom is 0.129 e. The summed E-state index contributed by atoms with van der Waals surface area (Å²) < 4.78 is 0. The standard InChI is InChI=1S/C21H23Cl2NSi/c1-24-13-19(18-11-17(22)12-21(23)20(18)14-24)16-7-5-6-15(10-16)8-9-25(2,3)4/h5-7,10-12,19H,13-14H2,1-4H3/t19-/m0/s1. The topological polar surface area (TPSA) is 3.24 Å². The van der Waals surface area contributed by atoms with Gasteiger partial charge in [-0.25, -0.2) is 0 Å². The lowest BCUT2D eigenvalue weighted by molar-refractivity contribution is 0.295. The van der Waals surface area contributed by atoms with Crippen molar-refractivity contribution in [2.24, 2.45) is 0 Å². The number of fused-ring (bicyclic) bond motifs is 1. The van der Waals surface area contributed by atoms with Gasteiger partial charge in [-0.3, -0.25) is 0 Å². The van der Waals surface area contributed by atoms with Crippen LogP contribution in [0, 0.1) is 11.5 Å². The molecule has 4 heteroatoms. The van der Waals surface area contributed by atoms with Gasteiger partial charge in [0.15, 0.2) is 0 Å². The predicted molar refractivity (Wildman–Crippen MR) is 111 cm³/mol. The van der Waals surface area contributed by atoms with Crippen molar-refractivity contribution in [3.05, 3.63) is 68.7 Å². The van der Waals surface area contributed by atoms with E-state index in [9.17, 15) is 0 Å². The maximum absolute atomic E-state index is 6.47. The van der Waals surface area contributed by atoms with Gasteiger partial charge in [-0.05, 0) is 48.0 Å². The van der Waals surface area contributed by atoms with Gasteiger partial charge < -0.3 is 4.90 Å². The minimum absolute atomic E-state index is 0.263. The van der Waals surface area contributed by atoms with Crippen molar-refractivity contribution in [1.82, 2.24) is 4.90 Å². The first-order valence-corrected chi connectivity index (χ1v) is 12.8. The quantitative estimate of drug-likeness (QED) is 0.441. The maximum atomic E-state index is 6.47. The van der Waals surface area contributed by atoms with Crippen LogP contribution in [0.2, 0.25) is 29.7 Å². The zero-order valence-corrected chi connectivity index (χ0v) is 17.7. The second kappa shape index (κ2) is 7.17. The molecule has 1 nitrogen and oxygen atoms in total. The molecule has 3 rings (SSSR count). The molecule has 2 aromatic rings. The highest BCUT2D eigenvalue weighted by molar-refractivity contribution is 6.83. The number of nitrogens with zero attached hydrogens (tertiary/aromatic N) is 1. The fraction of sp³-hybridized carbons (Fsp3) is 0.333. The van der Waals surface area contributed by atoms with E-state index in [0.29, 0.717) is 5.02 Å². The average molecular weight is 388 g/mol. The largest absolute Gasteiger partial charge is 0.301 e. The number of hydrogen-bond donors (Lipinski definition) is 0. The molecule has 0 amide bonds. The molecular weight excluding hydrogens is 365 g/mol. The fourth-order valence-corrected chi connectivity index (χ4v) is 4.31. The molecule has 1 atom stereocenters. The second-order valence-corrected chi connectivity index (χ2v) is 13.4. The monoisotopic (exact) mass is 387 g/mol. The highest BCUT2D eigenvalue weighted by atomic mass is 35.5. The van der Waals surface area contributed by atoms with E-state index < -0.39 is 8.07 Å². The fourth-order valence-electron chi connectivity index (χ4n) is 3.22. The Labute approximate surface area is 162 Å². The normalized spacial score (nSPS) is 17.6. The summed E-state index contributed by atoms with van der Waals surface area (Å²) >= 11 is 12.8.